The van der Waals surface area contributed by atoms with Gasteiger partial charge in [-0.3, -0.25) is 9.36 Å². The predicted molar refractivity (Wildman–Crippen MR) is 141 cm³/mol. The van der Waals surface area contributed by atoms with Crippen molar-refractivity contribution in [1.29, 1.82) is 0 Å². The van der Waals surface area contributed by atoms with E-state index < -0.39 is 12.0 Å². The number of benzene rings is 3. The lowest BCUT2D eigenvalue weighted by atomic mass is 9.91. The molecule has 3 aromatic carbocycles. The number of rotatable bonds is 4. The van der Waals surface area contributed by atoms with Gasteiger partial charge in [-0.1, -0.05) is 83.1 Å². The Labute approximate surface area is 215 Å². The van der Waals surface area contributed by atoms with Crippen molar-refractivity contribution >= 4 is 57.4 Å². The van der Waals surface area contributed by atoms with Gasteiger partial charge in [0.25, 0.3) is 5.56 Å². The van der Waals surface area contributed by atoms with Crippen LogP contribution in [0.15, 0.2) is 81.7 Å². The van der Waals surface area contributed by atoms with Crippen molar-refractivity contribution in [3.63, 3.8) is 0 Å². The molecule has 1 atom stereocenters. The zero-order valence-electron chi connectivity index (χ0n) is 18.9. The molecule has 0 radical (unpaired) electrons. The highest BCUT2D eigenvalue weighted by Gasteiger charge is 2.34. The molecule has 0 fully saturated rings. The average Bonchev–Trinajstić information content (AvgIpc) is 3.14. The van der Waals surface area contributed by atoms with Gasteiger partial charge in [-0.15, -0.1) is 0 Å². The number of ether oxygens (including phenoxy) is 1. The molecule has 1 aromatic heterocycles. The van der Waals surface area contributed by atoms with Gasteiger partial charge in [0, 0.05) is 10.0 Å². The van der Waals surface area contributed by atoms with Crippen LogP contribution in [0.5, 0.6) is 0 Å². The highest BCUT2D eigenvalue weighted by Crippen LogP contribution is 2.34. The van der Waals surface area contributed by atoms with Gasteiger partial charge < -0.3 is 4.74 Å². The Hall–Kier alpha value is -3.19. The van der Waals surface area contributed by atoms with Crippen LogP contribution in [0.1, 0.15) is 31.0 Å². The van der Waals surface area contributed by atoms with E-state index in [1.54, 1.807) is 42.7 Å². The van der Waals surface area contributed by atoms with E-state index in [9.17, 15) is 9.59 Å². The molecule has 0 aliphatic carbocycles. The third-order valence-corrected chi connectivity index (χ3v) is 7.43. The van der Waals surface area contributed by atoms with Crippen LogP contribution in [0.3, 0.4) is 0 Å². The summed E-state index contributed by atoms with van der Waals surface area (Å²) < 4.78 is 7.43. The molecule has 176 valence electrons. The normalized spacial score (nSPS) is 15.8. The van der Waals surface area contributed by atoms with Crippen LogP contribution in [0.4, 0.5) is 0 Å². The minimum Gasteiger partial charge on any atom is -0.463 e. The van der Waals surface area contributed by atoms with Crippen molar-refractivity contribution in [3.8, 4) is 0 Å². The molecule has 5 nitrogen and oxygen atoms in total. The van der Waals surface area contributed by atoms with Crippen molar-refractivity contribution in [2.24, 2.45) is 4.99 Å². The highest BCUT2D eigenvalue weighted by atomic mass is 35.5. The lowest BCUT2D eigenvalue weighted by Gasteiger charge is -2.25. The lowest BCUT2D eigenvalue weighted by Crippen LogP contribution is -2.40. The summed E-state index contributed by atoms with van der Waals surface area (Å²) in [6, 6.07) is 18.2. The summed E-state index contributed by atoms with van der Waals surface area (Å²) in [5.41, 5.74) is 2.12. The third kappa shape index (κ3) is 4.22. The van der Waals surface area contributed by atoms with E-state index in [2.05, 4.69) is 4.99 Å². The fourth-order valence-corrected chi connectivity index (χ4v) is 5.84. The first kappa shape index (κ1) is 23.5. The van der Waals surface area contributed by atoms with Gasteiger partial charge in [0.05, 0.1) is 28.5 Å². The van der Waals surface area contributed by atoms with E-state index in [0.29, 0.717) is 36.2 Å². The summed E-state index contributed by atoms with van der Waals surface area (Å²) in [5.74, 6) is -0.485. The highest BCUT2D eigenvalue weighted by molar-refractivity contribution is 7.07. The number of carbonyl (C=O) groups excluding carboxylic acids is 1. The molecule has 0 N–H and O–H groups in total. The van der Waals surface area contributed by atoms with Crippen LogP contribution in [0.2, 0.25) is 10.0 Å². The Morgan fingerprint density at radius 2 is 1.91 bits per heavy atom. The Bertz CT molecular complexity index is 1700. The van der Waals surface area contributed by atoms with Crippen molar-refractivity contribution in [2.45, 2.75) is 19.9 Å². The first-order valence-electron chi connectivity index (χ1n) is 11.0. The average molecular weight is 523 g/mol. The van der Waals surface area contributed by atoms with Gasteiger partial charge >= 0.3 is 5.97 Å². The first-order valence-corrected chi connectivity index (χ1v) is 12.6. The van der Waals surface area contributed by atoms with E-state index in [1.165, 1.54) is 11.3 Å². The van der Waals surface area contributed by atoms with Gasteiger partial charge in [-0.05, 0) is 54.0 Å². The Kier molecular flexibility index (Phi) is 6.36. The standard InChI is InChI=1S/C27H20Cl2N2O3S/c1-3-34-26(33)23-15(2)30-27-31(24(23)20-10-6-8-16-7-4-5-9-19(16)20)25(32)22(35-27)13-17-11-12-18(28)14-21(17)29/h4-14,24H,3H2,1-2H3/b22-13-/t24-/m1/s1. The van der Waals surface area contributed by atoms with Gasteiger partial charge in [0.1, 0.15) is 0 Å². The molecular weight excluding hydrogens is 503 g/mol. The van der Waals surface area contributed by atoms with Crippen molar-refractivity contribution < 1.29 is 9.53 Å². The molecule has 0 spiro atoms. The van der Waals surface area contributed by atoms with E-state index in [0.717, 1.165) is 16.3 Å². The maximum atomic E-state index is 13.8. The third-order valence-electron chi connectivity index (χ3n) is 5.88. The van der Waals surface area contributed by atoms with E-state index in [4.69, 9.17) is 27.9 Å². The minimum atomic E-state index is -0.681. The summed E-state index contributed by atoms with van der Waals surface area (Å²) in [4.78, 5) is 32.1. The minimum absolute atomic E-state index is 0.220. The Balaban J connectivity index is 1.81. The van der Waals surface area contributed by atoms with E-state index in [-0.39, 0.29) is 12.2 Å². The smallest absolute Gasteiger partial charge is 0.338 e. The topological polar surface area (TPSA) is 60.7 Å². The molecule has 0 unspecified atom stereocenters. The maximum absolute atomic E-state index is 13.8. The number of allylic oxidation sites excluding steroid dienone is 1. The number of halogens is 2. The van der Waals surface area contributed by atoms with Crippen molar-refractivity contribution in [2.75, 3.05) is 6.61 Å². The molecule has 5 rings (SSSR count). The Morgan fingerprint density at radius 1 is 1.14 bits per heavy atom. The summed E-state index contributed by atoms with van der Waals surface area (Å²) in [7, 11) is 0. The molecule has 8 heteroatoms. The zero-order valence-corrected chi connectivity index (χ0v) is 21.2. The largest absolute Gasteiger partial charge is 0.463 e. The fraction of sp³-hybridized carbons (Fsp3) is 0.148. The van der Waals surface area contributed by atoms with Gasteiger partial charge in [0.2, 0.25) is 0 Å². The number of hydrogen-bond acceptors (Lipinski definition) is 5. The molecule has 0 amide bonds. The fourth-order valence-electron chi connectivity index (χ4n) is 4.33. The molecule has 0 bridgehead atoms. The second-order valence-electron chi connectivity index (χ2n) is 8.04. The molecule has 0 saturated carbocycles. The quantitative estimate of drug-likeness (QED) is 0.343. The number of nitrogens with zero attached hydrogens (tertiary/aromatic N) is 2. The van der Waals surface area contributed by atoms with Crippen LogP contribution < -0.4 is 14.9 Å². The van der Waals surface area contributed by atoms with Crippen LogP contribution in [-0.2, 0) is 9.53 Å². The monoisotopic (exact) mass is 522 g/mol. The molecule has 1 aliphatic rings. The van der Waals surface area contributed by atoms with Crippen molar-refractivity contribution in [3.05, 3.63) is 113 Å². The number of esters is 1. The Morgan fingerprint density at radius 3 is 2.69 bits per heavy atom. The molecular formula is C27H20Cl2N2O3S. The maximum Gasteiger partial charge on any atom is 0.338 e. The van der Waals surface area contributed by atoms with Gasteiger partial charge in [-0.2, -0.15) is 0 Å². The van der Waals surface area contributed by atoms with E-state index in [1.807, 2.05) is 42.5 Å². The second kappa shape index (κ2) is 9.46. The molecule has 2 heterocycles. The SMILES string of the molecule is CCOC(=O)C1=C(C)N=c2s/c(=C\c3ccc(Cl)cc3Cl)c(=O)n2[C@@H]1c1cccc2ccccc12. The number of hydrogen-bond donors (Lipinski definition) is 0. The van der Waals surface area contributed by atoms with Crippen LogP contribution >= 0.6 is 34.5 Å². The number of aromatic nitrogens is 1. The van der Waals surface area contributed by atoms with Crippen LogP contribution in [0.25, 0.3) is 16.8 Å². The second-order valence-corrected chi connectivity index (χ2v) is 9.89. The predicted octanol–water partition coefficient (Wildman–Crippen LogP) is 5.26. The van der Waals surface area contributed by atoms with Crippen molar-refractivity contribution in [1.82, 2.24) is 4.57 Å². The number of fused-ring (bicyclic) bond motifs is 2. The summed E-state index contributed by atoms with van der Waals surface area (Å²) in [6.07, 6.45) is 1.73. The molecule has 35 heavy (non-hydrogen) atoms. The summed E-state index contributed by atoms with van der Waals surface area (Å²) in [5, 5.41) is 2.92. The summed E-state index contributed by atoms with van der Waals surface area (Å²) >= 11 is 13.6. The van der Waals surface area contributed by atoms with Gasteiger partial charge in [0.15, 0.2) is 4.80 Å². The first-order chi connectivity index (χ1) is 16.9. The van der Waals surface area contributed by atoms with Gasteiger partial charge in [-0.25, -0.2) is 9.79 Å². The molecule has 1 aliphatic heterocycles. The number of thiazole rings is 1. The van der Waals surface area contributed by atoms with Crippen LogP contribution in [0, 0.1) is 0 Å². The number of carbonyl (C=O) groups is 1. The lowest BCUT2D eigenvalue weighted by molar-refractivity contribution is -0.139. The zero-order chi connectivity index (χ0) is 24.7. The molecule has 0 saturated heterocycles. The van der Waals surface area contributed by atoms with Crippen LogP contribution in [-0.4, -0.2) is 17.1 Å². The summed E-state index contributed by atoms with van der Waals surface area (Å²) in [6.45, 7) is 3.75. The molecule has 4 aromatic rings. The van der Waals surface area contributed by atoms with E-state index >= 15 is 0 Å².